The molecule has 15 heteroatoms. The Bertz CT molecular complexity index is 1060. The fraction of sp³-hybridized carbons (Fsp3) is 0.250. The molecular formula is C16H11Br2F3N4O6. The zero-order valence-corrected chi connectivity index (χ0v) is 18.5. The highest BCUT2D eigenvalue weighted by Gasteiger charge is 2.42. The van der Waals surface area contributed by atoms with Gasteiger partial charge in [0, 0.05) is 33.7 Å². The molecule has 0 heterocycles. The molecule has 0 aliphatic heterocycles. The van der Waals surface area contributed by atoms with E-state index in [4.69, 9.17) is 0 Å². The predicted octanol–water partition coefficient (Wildman–Crippen LogP) is 6.50. The summed E-state index contributed by atoms with van der Waals surface area (Å²) in [5, 5.41) is 33.7. The average molecular weight is 572 g/mol. The molecule has 166 valence electrons. The Balaban J connectivity index is 2.97. The van der Waals surface area contributed by atoms with Crippen molar-refractivity contribution in [3.63, 3.8) is 0 Å². The van der Waals surface area contributed by atoms with Gasteiger partial charge in [-0.3, -0.25) is 30.3 Å². The molecule has 0 N–H and O–H groups in total. The number of hydrogen-bond acceptors (Lipinski definition) is 7. The summed E-state index contributed by atoms with van der Waals surface area (Å²) in [4.78, 5) is 31.7. The van der Waals surface area contributed by atoms with Gasteiger partial charge in [-0.05, 0) is 38.3 Å². The van der Waals surface area contributed by atoms with Crippen molar-refractivity contribution in [2.75, 3.05) is 11.4 Å². The lowest BCUT2D eigenvalue weighted by molar-refractivity contribution is -0.394. The minimum Gasteiger partial charge on any atom is -0.334 e. The van der Waals surface area contributed by atoms with Crippen LogP contribution in [0.1, 0.15) is 18.9 Å². The number of benzene rings is 2. The highest BCUT2D eigenvalue weighted by Crippen LogP contribution is 2.49. The van der Waals surface area contributed by atoms with Gasteiger partial charge in [-0.2, -0.15) is 13.2 Å². The summed E-state index contributed by atoms with van der Waals surface area (Å²) in [6, 6.07) is 2.74. The van der Waals surface area contributed by atoms with Crippen molar-refractivity contribution >= 4 is 60.3 Å². The molecule has 0 spiro atoms. The van der Waals surface area contributed by atoms with Gasteiger partial charge in [0.05, 0.1) is 32.1 Å². The lowest BCUT2D eigenvalue weighted by atomic mass is 10.1. The summed E-state index contributed by atoms with van der Waals surface area (Å²) in [7, 11) is 0. The maximum absolute atomic E-state index is 13.8. The summed E-state index contributed by atoms with van der Waals surface area (Å²) in [5.74, 6) is 0. The van der Waals surface area contributed by atoms with Crippen LogP contribution < -0.4 is 4.90 Å². The minimum atomic E-state index is -5.17. The quantitative estimate of drug-likeness (QED) is 0.273. The molecule has 0 saturated heterocycles. The summed E-state index contributed by atoms with van der Waals surface area (Å²) in [6.07, 6.45) is -4.95. The zero-order valence-electron chi connectivity index (χ0n) is 15.4. The van der Waals surface area contributed by atoms with Gasteiger partial charge in [0.25, 0.3) is 17.1 Å². The van der Waals surface area contributed by atoms with E-state index in [1.54, 1.807) is 6.92 Å². The van der Waals surface area contributed by atoms with Crippen LogP contribution >= 0.6 is 31.9 Å². The van der Waals surface area contributed by atoms with Crippen LogP contribution in [0.25, 0.3) is 0 Å². The van der Waals surface area contributed by atoms with E-state index in [1.807, 2.05) is 0 Å². The number of nitrogens with zero attached hydrogens (tertiary/aromatic N) is 4. The molecule has 10 nitrogen and oxygen atoms in total. The van der Waals surface area contributed by atoms with Crippen LogP contribution in [0.5, 0.6) is 0 Å². The van der Waals surface area contributed by atoms with Crippen LogP contribution in [-0.2, 0) is 6.18 Å². The van der Waals surface area contributed by atoms with Gasteiger partial charge in [0.1, 0.15) is 5.69 Å². The summed E-state index contributed by atoms with van der Waals surface area (Å²) in [5.41, 5.74) is -5.16. The SMILES string of the molecule is CCCN(c1c(Br)cc([N+](=O)[O-])cc1Br)c1c([N+](=O)[O-])cc([N+](=O)[O-])cc1C(F)(F)F. The average Bonchev–Trinajstić information content (AvgIpc) is 2.64. The van der Waals surface area contributed by atoms with Crippen LogP contribution in [0.15, 0.2) is 33.2 Å². The van der Waals surface area contributed by atoms with Gasteiger partial charge in [0.15, 0.2) is 0 Å². The minimum absolute atomic E-state index is 0.0113. The highest BCUT2D eigenvalue weighted by molar-refractivity contribution is 9.11. The molecule has 0 aromatic heterocycles. The van der Waals surface area contributed by atoms with Crippen molar-refractivity contribution in [2.24, 2.45) is 0 Å². The second kappa shape index (κ2) is 9.13. The standard InChI is InChI=1S/C16H11Br2F3N4O6/c1-2-3-22(15-11(17)5-9(24(28)29)6-12(15)18)14-10(16(19,20)21)4-8(23(26)27)7-13(14)25(30)31/h4-7H,2-3H2,1H3. The maximum Gasteiger partial charge on any atom is 0.418 e. The summed E-state index contributed by atoms with van der Waals surface area (Å²) < 4.78 is 41.5. The molecule has 2 aromatic rings. The first-order chi connectivity index (χ1) is 14.3. The van der Waals surface area contributed by atoms with E-state index in [0.717, 1.165) is 17.0 Å². The van der Waals surface area contributed by atoms with Crippen LogP contribution in [0.2, 0.25) is 0 Å². The first-order valence-corrected chi connectivity index (χ1v) is 9.83. The Hall–Kier alpha value is -2.81. The molecule has 0 aliphatic rings. The summed E-state index contributed by atoms with van der Waals surface area (Å²) >= 11 is 6.15. The molecule has 0 saturated carbocycles. The van der Waals surface area contributed by atoms with Crippen LogP contribution in [0.3, 0.4) is 0 Å². The number of hydrogen-bond donors (Lipinski definition) is 0. The van der Waals surface area contributed by atoms with E-state index in [9.17, 15) is 43.5 Å². The molecule has 2 rings (SSSR count). The third-order valence-electron chi connectivity index (χ3n) is 3.99. The molecular weight excluding hydrogens is 561 g/mol. The van der Waals surface area contributed by atoms with Gasteiger partial charge in [-0.1, -0.05) is 6.92 Å². The highest BCUT2D eigenvalue weighted by atomic mass is 79.9. The molecule has 0 unspecified atom stereocenters. The van der Waals surface area contributed by atoms with Gasteiger partial charge in [-0.25, -0.2) is 0 Å². The predicted molar refractivity (Wildman–Crippen MR) is 111 cm³/mol. The van der Waals surface area contributed by atoms with Crippen molar-refractivity contribution in [1.82, 2.24) is 0 Å². The van der Waals surface area contributed by atoms with Crippen molar-refractivity contribution in [1.29, 1.82) is 0 Å². The van der Waals surface area contributed by atoms with Crippen LogP contribution in [0, 0.1) is 30.3 Å². The third kappa shape index (κ3) is 5.10. The van der Waals surface area contributed by atoms with Crippen LogP contribution in [-0.4, -0.2) is 21.3 Å². The van der Waals surface area contributed by atoms with Crippen molar-refractivity contribution in [2.45, 2.75) is 19.5 Å². The molecule has 31 heavy (non-hydrogen) atoms. The smallest absolute Gasteiger partial charge is 0.334 e. The third-order valence-corrected chi connectivity index (χ3v) is 5.20. The van der Waals surface area contributed by atoms with Crippen LogP contribution in [0.4, 0.5) is 41.6 Å². The largest absolute Gasteiger partial charge is 0.418 e. The molecule has 0 atom stereocenters. The molecule has 2 aromatic carbocycles. The maximum atomic E-state index is 13.8. The lowest BCUT2D eigenvalue weighted by Gasteiger charge is -2.28. The van der Waals surface area contributed by atoms with E-state index < -0.39 is 43.6 Å². The molecule has 0 bridgehead atoms. The molecule has 0 aliphatic carbocycles. The van der Waals surface area contributed by atoms with Gasteiger partial charge < -0.3 is 4.90 Å². The Morgan fingerprint density at radius 2 is 1.35 bits per heavy atom. The van der Waals surface area contributed by atoms with Crippen molar-refractivity contribution in [3.8, 4) is 0 Å². The van der Waals surface area contributed by atoms with Gasteiger partial charge in [0.2, 0.25) is 0 Å². The van der Waals surface area contributed by atoms with E-state index >= 15 is 0 Å². The molecule has 0 fully saturated rings. The fourth-order valence-electron chi connectivity index (χ4n) is 2.82. The van der Waals surface area contributed by atoms with Gasteiger partial charge >= 0.3 is 6.18 Å². The zero-order chi connectivity index (χ0) is 23.7. The fourth-order valence-corrected chi connectivity index (χ4v) is 4.41. The monoisotopic (exact) mass is 570 g/mol. The first kappa shape index (κ1) is 24.5. The number of halogens is 5. The number of alkyl halides is 3. The lowest BCUT2D eigenvalue weighted by Crippen LogP contribution is -2.24. The van der Waals surface area contributed by atoms with E-state index in [1.165, 1.54) is 0 Å². The van der Waals surface area contributed by atoms with E-state index in [-0.39, 0.29) is 39.4 Å². The van der Waals surface area contributed by atoms with Crippen molar-refractivity contribution < 1.29 is 27.9 Å². The Kier molecular flexibility index (Phi) is 7.21. The normalized spacial score (nSPS) is 11.3. The number of nitro groups is 3. The van der Waals surface area contributed by atoms with E-state index in [0.29, 0.717) is 6.07 Å². The second-order valence-electron chi connectivity index (χ2n) is 6.04. The Morgan fingerprint density at radius 3 is 1.74 bits per heavy atom. The number of non-ortho nitro benzene ring substituents is 2. The summed E-state index contributed by atoms with van der Waals surface area (Å²) in [6.45, 7) is 1.43. The Morgan fingerprint density at radius 1 is 0.871 bits per heavy atom. The molecule has 0 radical (unpaired) electrons. The number of anilines is 2. The second-order valence-corrected chi connectivity index (χ2v) is 7.75. The topological polar surface area (TPSA) is 133 Å². The molecule has 0 amide bonds. The first-order valence-electron chi connectivity index (χ1n) is 8.24. The Labute approximate surface area is 188 Å². The van der Waals surface area contributed by atoms with Crippen molar-refractivity contribution in [3.05, 3.63) is 69.1 Å². The van der Waals surface area contributed by atoms with Gasteiger partial charge in [-0.15, -0.1) is 0 Å². The number of rotatable bonds is 7. The van der Waals surface area contributed by atoms with E-state index in [2.05, 4.69) is 31.9 Å². The number of nitro benzene ring substituents is 3.